The first-order chi connectivity index (χ1) is 9.36. The van der Waals surface area contributed by atoms with Crippen molar-refractivity contribution in [1.29, 1.82) is 0 Å². The van der Waals surface area contributed by atoms with Crippen molar-refractivity contribution < 1.29 is 19.5 Å². The lowest BCUT2D eigenvalue weighted by molar-refractivity contribution is -0.143. The van der Waals surface area contributed by atoms with Crippen molar-refractivity contribution in [3.05, 3.63) is 0 Å². The number of hydrogen-bond acceptors (Lipinski definition) is 3. The quantitative estimate of drug-likeness (QED) is 0.815. The Morgan fingerprint density at radius 2 is 2.05 bits per heavy atom. The maximum atomic E-state index is 12.5. The van der Waals surface area contributed by atoms with Crippen LogP contribution >= 0.6 is 0 Å². The first-order valence-corrected chi connectivity index (χ1v) is 7.14. The van der Waals surface area contributed by atoms with Gasteiger partial charge in [0.2, 0.25) is 11.8 Å². The Balaban J connectivity index is 2.70. The van der Waals surface area contributed by atoms with E-state index < -0.39 is 5.97 Å². The van der Waals surface area contributed by atoms with Crippen molar-refractivity contribution >= 4 is 17.8 Å². The van der Waals surface area contributed by atoms with E-state index in [2.05, 4.69) is 0 Å². The van der Waals surface area contributed by atoms with Gasteiger partial charge in [0.05, 0.1) is 12.3 Å². The SMILES string of the molecule is CCN(C(=O)C1CCCN(C(C)=O)C1)C(C)CC(=O)O. The molecule has 1 N–H and O–H groups in total. The van der Waals surface area contributed by atoms with Crippen LogP contribution in [-0.2, 0) is 14.4 Å². The Morgan fingerprint density at radius 1 is 1.40 bits per heavy atom. The number of carboxylic acids is 1. The van der Waals surface area contributed by atoms with Gasteiger partial charge in [0.25, 0.3) is 0 Å². The van der Waals surface area contributed by atoms with Gasteiger partial charge in [-0.2, -0.15) is 0 Å². The van der Waals surface area contributed by atoms with Crippen molar-refractivity contribution in [3.8, 4) is 0 Å². The molecule has 0 spiro atoms. The van der Waals surface area contributed by atoms with E-state index in [1.807, 2.05) is 6.92 Å². The fourth-order valence-electron chi connectivity index (χ4n) is 2.75. The number of nitrogens with zero attached hydrogens (tertiary/aromatic N) is 2. The molecule has 6 nitrogen and oxygen atoms in total. The molecule has 2 amide bonds. The molecule has 1 fully saturated rings. The summed E-state index contributed by atoms with van der Waals surface area (Å²) in [5, 5.41) is 8.84. The Bertz CT molecular complexity index is 383. The van der Waals surface area contributed by atoms with Crippen molar-refractivity contribution in [2.24, 2.45) is 5.92 Å². The molecule has 1 rings (SSSR count). The third-order valence-electron chi connectivity index (χ3n) is 3.84. The highest BCUT2D eigenvalue weighted by Gasteiger charge is 2.31. The van der Waals surface area contributed by atoms with E-state index in [1.54, 1.807) is 16.7 Å². The zero-order valence-corrected chi connectivity index (χ0v) is 12.5. The first-order valence-electron chi connectivity index (χ1n) is 7.14. The molecule has 114 valence electrons. The lowest BCUT2D eigenvalue weighted by Crippen LogP contribution is -2.49. The summed E-state index contributed by atoms with van der Waals surface area (Å²) < 4.78 is 0. The minimum Gasteiger partial charge on any atom is -0.481 e. The zero-order valence-electron chi connectivity index (χ0n) is 12.5. The fourth-order valence-corrected chi connectivity index (χ4v) is 2.75. The topological polar surface area (TPSA) is 77.9 Å². The predicted octanol–water partition coefficient (Wildman–Crippen LogP) is 0.957. The second kappa shape index (κ2) is 7.26. The highest BCUT2D eigenvalue weighted by atomic mass is 16.4. The maximum absolute atomic E-state index is 12.5. The third-order valence-corrected chi connectivity index (χ3v) is 3.84. The summed E-state index contributed by atoms with van der Waals surface area (Å²) in [7, 11) is 0. The minimum absolute atomic E-state index is 0.0101. The molecule has 6 heteroatoms. The molecule has 0 radical (unpaired) electrons. The van der Waals surface area contributed by atoms with Crippen LogP contribution in [0.1, 0.15) is 40.0 Å². The molecule has 1 aliphatic heterocycles. The molecular formula is C14H24N2O4. The number of likely N-dealkylation sites (tertiary alicyclic amines) is 1. The average molecular weight is 284 g/mol. The van der Waals surface area contributed by atoms with E-state index in [4.69, 9.17) is 5.11 Å². The Hall–Kier alpha value is -1.59. The van der Waals surface area contributed by atoms with Crippen LogP contribution < -0.4 is 0 Å². The summed E-state index contributed by atoms with van der Waals surface area (Å²) >= 11 is 0. The molecule has 1 heterocycles. The van der Waals surface area contributed by atoms with E-state index in [9.17, 15) is 14.4 Å². The van der Waals surface area contributed by atoms with Gasteiger partial charge in [0.15, 0.2) is 0 Å². The van der Waals surface area contributed by atoms with Gasteiger partial charge < -0.3 is 14.9 Å². The molecule has 2 unspecified atom stereocenters. The van der Waals surface area contributed by atoms with Gasteiger partial charge in [0.1, 0.15) is 0 Å². The van der Waals surface area contributed by atoms with E-state index in [1.165, 1.54) is 6.92 Å². The van der Waals surface area contributed by atoms with E-state index in [0.29, 0.717) is 19.6 Å². The lowest BCUT2D eigenvalue weighted by Gasteiger charge is -2.36. The van der Waals surface area contributed by atoms with Crippen molar-refractivity contribution in [3.63, 3.8) is 0 Å². The Morgan fingerprint density at radius 3 is 2.55 bits per heavy atom. The highest BCUT2D eigenvalue weighted by Crippen LogP contribution is 2.20. The molecule has 1 aliphatic rings. The van der Waals surface area contributed by atoms with Gasteiger partial charge in [-0.1, -0.05) is 0 Å². The summed E-state index contributed by atoms with van der Waals surface area (Å²) in [5.74, 6) is -1.15. The van der Waals surface area contributed by atoms with Crippen molar-refractivity contribution in [2.75, 3.05) is 19.6 Å². The molecular weight excluding hydrogens is 260 g/mol. The van der Waals surface area contributed by atoms with Gasteiger partial charge in [0, 0.05) is 32.6 Å². The molecule has 20 heavy (non-hydrogen) atoms. The number of hydrogen-bond donors (Lipinski definition) is 1. The van der Waals surface area contributed by atoms with Gasteiger partial charge in [-0.3, -0.25) is 14.4 Å². The largest absolute Gasteiger partial charge is 0.481 e. The summed E-state index contributed by atoms with van der Waals surface area (Å²) in [6.07, 6.45) is 1.53. The van der Waals surface area contributed by atoms with Gasteiger partial charge in [-0.15, -0.1) is 0 Å². The van der Waals surface area contributed by atoms with Crippen LogP contribution in [0.25, 0.3) is 0 Å². The summed E-state index contributed by atoms with van der Waals surface area (Å²) in [6, 6.07) is -0.322. The predicted molar refractivity (Wildman–Crippen MR) is 74.1 cm³/mol. The molecule has 0 aliphatic carbocycles. The number of carbonyl (C=O) groups excluding carboxylic acids is 2. The van der Waals surface area contributed by atoms with Crippen LogP contribution in [-0.4, -0.2) is 58.4 Å². The molecule has 2 atom stereocenters. The molecule has 0 aromatic carbocycles. The van der Waals surface area contributed by atoms with Crippen LogP contribution in [0.4, 0.5) is 0 Å². The molecule has 0 saturated carbocycles. The number of amides is 2. The van der Waals surface area contributed by atoms with Crippen LogP contribution in [0.5, 0.6) is 0 Å². The van der Waals surface area contributed by atoms with Gasteiger partial charge >= 0.3 is 5.97 Å². The Kier molecular flexibility index (Phi) is 5.98. The summed E-state index contributed by atoms with van der Waals surface area (Å²) in [6.45, 7) is 6.75. The van der Waals surface area contributed by atoms with Crippen LogP contribution in [0.15, 0.2) is 0 Å². The molecule has 0 aromatic heterocycles. The second-order valence-corrected chi connectivity index (χ2v) is 5.38. The van der Waals surface area contributed by atoms with E-state index in [-0.39, 0.29) is 30.2 Å². The summed E-state index contributed by atoms with van der Waals surface area (Å²) in [4.78, 5) is 38.0. The zero-order chi connectivity index (χ0) is 15.3. The minimum atomic E-state index is -0.905. The van der Waals surface area contributed by atoms with Crippen LogP contribution in [0.3, 0.4) is 0 Å². The third kappa shape index (κ3) is 4.21. The summed E-state index contributed by atoms with van der Waals surface area (Å²) in [5.41, 5.74) is 0. The molecule has 0 aromatic rings. The van der Waals surface area contributed by atoms with Gasteiger partial charge in [-0.25, -0.2) is 0 Å². The first kappa shape index (κ1) is 16.5. The smallest absolute Gasteiger partial charge is 0.305 e. The Labute approximate surface area is 119 Å². The van der Waals surface area contributed by atoms with Crippen molar-refractivity contribution in [2.45, 2.75) is 46.1 Å². The average Bonchev–Trinajstić information content (AvgIpc) is 2.38. The molecule has 1 saturated heterocycles. The maximum Gasteiger partial charge on any atom is 0.305 e. The highest BCUT2D eigenvalue weighted by molar-refractivity contribution is 5.81. The molecule has 0 bridgehead atoms. The monoisotopic (exact) mass is 284 g/mol. The van der Waals surface area contributed by atoms with Crippen molar-refractivity contribution in [1.82, 2.24) is 9.80 Å². The van der Waals surface area contributed by atoms with Crippen LogP contribution in [0.2, 0.25) is 0 Å². The standard InChI is InChI=1S/C14H24N2O4/c1-4-16(10(2)8-13(18)19)14(20)12-6-5-7-15(9-12)11(3)17/h10,12H,4-9H2,1-3H3,(H,18,19). The normalized spacial score (nSPS) is 20.4. The van der Waals surface area contributed by atoms with Gasteiger partial charge in [-0.05, 0) is 26.7 Å². The number of rotatable bonds is 5. The number of piperidine rings is 1. The number of aliphatic carboxylic acids is 1. The van der Waals surface area contributed by atoms with E-state index >= 15 is 0 Å². The number of carboxylic acid groups (broad SMARTS) is 1. The lowest BCUT2D eigenvalue weighted by atomic mass is 9.95. The van der Waals surface area contributed by atoms with Crippen LogP contribution in [0, 0.1) is 5.92 Å². The van der Waals surface area contributed by atoms with E-state index in [0.717, 1.165) is 12.8 Å². The fraction of sp³-hybridized carbons (Fsp3) is 0.786. The second-order valence-electron chi connectivity index (χ2n) is 5.38. The number of carbonyl (C=O) groups is 3.